The molecule has 4 aliphatic carbocycles. The van der Waals surface area contributed by atoms with E-state index in [-0.39, 0.29) is 5.60 Å². The van der Waals surface area contributed by atoms with Gasteiger partial charge in [-0.25, -0.2) is 0 Å². The van der Waals surface area contributed by atoms with Crippen LogP contribution < -0.4 is 0 Å². The molecule has 0 amide bonds. The third kappa shape index (κ3) is 5.20. The maximum atomic E-state index is 11.5. The summed E-state index contributed by atoms with van der Waals surface area (Å²) < 4.78 is 7.29. The van der Waals surface area contributed by atoms with Gasteiger partial charge in [-0.05, 0) is 88.9 Å². The molecule has 0 radical (unpaired) electrons. The van der Waals surface area contributed by atoms with Gasteiger partial charge in [-0.15, -0.1) is 0 Å². The largest absolute Gasteiger partial charge is 0.461 e. The van der Waals surface area contributed by atoms with Crippen molar-refractivity contribution in [2.45, 2.75) is 110 Å². The van der Waals surface area contributed by atoms with Gasteiger partial charge in [-0.2, -0.15) is 0 Å². The fourth-order valence-electron chi connectivity index (χ4n) is 7.62. The summed E-state index contributed by atoms with van der Waals surface area (Å²) >= 11 is 0. The lowest BCUT2D eigenvalue weighted by Crippen LogP contribution is -2.59. The summed E-state index contributed by atoms with van der Waals surface area (Å²) in [7, 11) is 0. The van der Waals surface area contributed by atoms with E-state index in [0.29, 0.717) is 11.8 Å². The molecule has 0 aliphatic heterocycles. The molecule has 4 fully saturated rings. The molecule has 0 aromatic carbocycles. The van der Waals surface area contributed by atoms with Gasteiger partial charge in [-0.3, -0.25) is 4.79 Å². The maximum Gasteiger partial charge on any atom is 0.293 e. The molecule has 0 saturated heterocycles. The summed E-state index contributed by atoms with van der Waals surface area (Å²) in [6.07, 6.45) is 17.4. The average Bonchev–Trinajstić information content (AvgIpc) is 2.72. The van der Waals surface area contributed by atoms with Crippen molar-refractivity contribution in [3.8, 4) is 0 Å². The van der Waals surface area contributed by atoms with Crippen LogP contribution in [0.3, 0.4) is 0 Å². The van der Waals surface area contributed by atoms with Crippen LogP contribution in [0.1, 0.15) is 104 Å². The van der Waals surface area contributed by atoms with Gasteiger partial charge in [-0.1, -0.05) is 32.6 Å². The van der Waals surface area contributed by atoms with E-state index in [1.165, 1.54) is 108 Å². The Bertz CT molecular complexity index is 471. The first-order chi connectivity index (χ1) is 14.1. The van der Waals surface area contributed by atoms with Crippen LogP contribution in [0.5, 0.6) is 0 Å². The van der Waals surface area contributed by atoms with Gasteiger partial charge in [0.05, 0.1) is 26.2 Å². The number of hydrogen-bond acceptors (Lipinski definition) is 2. The van der Waals surface area contributed by atoms with E-state index in [1.807, 2.05) is 0 Å². The van der Waals surface area contributed by atoms with E-state index in [4.69, 9.17) is 4.74 Å². The van der Waals surface area contributed by atoms with Crippen molar-refractivity contribution in [2.24, 2.45) is 23.7 Å². The van der Waals surface area contributed by atoms with Gasteiger partial charge in [0, 0.05) is 6.42 Å². The van der Waals surface area contributed by atoms with Crippen LogP contribution in [0, 0.1) is 23.7 Å². The van der Waals surface area contributed by atoms with E-state index in [9.17, 15) is 4.79 Å². The normalized spacial score (nSPS) is 33.2. The SMILES string of the molecule is CCCCCCCC[N+](CC)(CC)CCCC1(OC=O)C2CC3CC(C2)CC1C3. The first-order valence-electron chi connectivity index (χ1n) is 13.1. The highest BCUT2D eigenvalue weighted by molar-refractivity contribution is 5.39. The molecule has 0 heterocycles. The molecular weight excluding hydrogens is 358 g/mol. The Morgan fingerprint density at radius 2 is 1.34 bits per heavy atom. The number of rotatable bonds is 15. The third-order valence-corrected chi connectivity index (χ3v) is 9.32. The fourth-order valence-corrected chi connectivity index (χ4v) is 7.62. The molecule has 4 aliphatic rings. The molecule has 0 atom stereocenters. The minimum atomic E-state index is -0.119. The molecule has 4 bridgehead atoms. The molecule has 0 unspecified atom stereocenters. The molecular formula is C26H48NO2+. The Balaban J connectivity index is 1.53. The van der Waals surface area contributed by atoms with Crippen molar-refractivity contribution >= 4 is 6.47 Å². The number of carbonyl (C=O) groups is 1. The quantitative estimate of drug-likeness (QED) is 0.180. The molecule has 29 heavy (non-hydrogen) atoms. The van der Waals surface area contributed by atoms with Crippen LogP contribution in [0.2, 0.25) is 0 Å². The number of hydrogen-bond donors (Lipinski definition) is 0. The monoisotopic (exact) mass is 406 g/mol. The summed E-state index contributed by atoms with van der Waals surface area (Å²) in [4.78, 5) is 11.5. The van der Waals surface area contributed by atoms with Crippen LogP contribution in [-0.4, -0.2) is 42.7 Å². The fraction of sp³-hybridized carbons (Fsp3) is 0.962. The maximum absolute atomic E-state index is 11.5. The molecule has 3 heteroatoms. The molecule has 0 aromatic rings. The van der Waals surface area contributed by atoms with Crippen molar-refractivity contribution in [1.82, 2.24) is 0 Å². The summed E-state index contributed by atoms with van der Waals surface area (Å²) in [6, 6.07) is 0. The van der Waals surface area contributed by atoms with E-state index in [0.717, 1.165) is 24.7 Å². The number of ether oxygens (including phenoxy) is 1. The molecule has 3 nitrogen and oxygen atoms in total. The smallest absolute Gasteiger partial charge is 0.293 e. The third-order valence-electron chi connectivity index (χ3n) is 9.32. The zero-order chi connectivity index (χ0) is 20.7. The molecule has 0 N–H and O–H groups in total. The zero-order valence-corrected chi connectivity index (χ0v) is 19.7. The van der Waals surface area contributed by atoms with E-state index in [1.54, 1.807) is 0 Å². The lowest BCUT2D eigenvalue weighted by molar-refractivity contribution is -0.925. The Morgan fingerprint density at radius 3 is 1.90 bits per heavy atom. The number of carbonyl (C=O) groups excluding carboxylic acids is 1. The van der Waals surface area contributed by atoms with Gasteiger partial charge < -0.3 is 9.22 Å². The molecule has 168 valence electrons. The van der Waals surface area contributed by atoms with Gasteiger partial charge in [0.2, 0.25) is 0 Å². The summed E-state index contributed by atoms with van der Waals surface area (Å²) in [5, 5.41) is 0. The molecule has 4 rings (SSSR count). The van der Waals surface area contributed by atoms with Crippen molar-refractivity contribution in [3.05, 3.63) is 0 Å². The molecule has 4 saturated carbocycles. The van der Waals surface area contributed by atoms with Crippen molar-refractivity contribution in [2.75, 3.05) is 26.2 Å². The highest BCUT2D eigenvalue weighted by Crippen LogP contribution is 2.60. The Kier molecular flexibility index (Phi) is 8.48. The van der Waals surface area contributed by atoms with Crippen LogP contribution >= 0.6 is 0 Å². The Morgan fingerprint density at radius 1 is 0.793 bits per heavy atom. The van der Waals surface area contributed by atoms with Crippen LogP contribution in [0.25, 0.3) is 0 Å². The van der Waals surface area contributed by atoms with Gasteiger partial charge in [0.25, 0.3) is 6.47 Å². The van der Waals surface area contributed by atoms with Crippen molar-refractivity contribution in [1.29, 1.82) is 0 Å². The Labute approximate surface area is 180 Å². The predicted molar refractivity (Wildman–Crippen MR) is 121 cm³/mol. The van der Waals surface area contributed by atoms with E-state index >= 15 is 0 Å². The molecule has 0 spiro atoms. The van der Waals surface area contributed by atoms with Gasteiger partial charge in [0.15, 0.2) is 0 Å². The predicted octanol–water partition coefficient (Wildman–Crippen LogP) is 6.35. The average molecular weight is 407 g/mol. The van der Waals surface area contributed by atoms with Gasteiger partial charge in [0.1, 0.15) is 5.60 Å². The number of unbranched alkanes of at least 4 members (excludes halogenated alkanes) is 5. The lowest BCUT2D eigenvalue weighted by Gasteiger charge is -2.60. The second-order valence-corrected chi connectivity index (χ2v) is 10.8. The summed E-state index contributed by atoms with van der Waals surface area (Å²) in [6.45, 7) is 12.9. The van der Waals surface area contributed by atoms with Crippen molar-refractivity contribution in [3.63, 3.8) is 0 Å². The van der Waals surface area contributed by atoms with Crippen molar-refractivity contribution < 1.29 is 14.0 Å². The zero-order valence-electron chi connectivity index (χ0n) is 19.7. The van der Waals surface area contributed by atoms with Gasteiger partial charge >= 0.3 is 0 Å². The lowest BCUT2D eigenvalue weighted by atomic mass is 9.49. The Hall–Kier alpha value is -0.570. The highest BCUT2D eigenvalue weighted by Gasteiger charge is 2.58. The van der Waals surface area contributed by atoms with E-state index < -0.39 is 0 Å². The first-order valence-corrected chi connectivity index (χ1v) is 13.1. The van der Waals surface area contributed by atoms with Crippen LogP contribution in [0.15, 0.2) is 0 Å². The highest BCUT2D eigenvalue weighted by atomic mass is 16.5. The topological polar surface area (TPSA) is 26.3 Å². The summed E-state index contributed by atoms with van der Waals surface area (Å²) in [5.41, 5.74) is -0.119. The minimum absolute atomic E-state index is 0.119. The van der Waals surface area contributed by atoms with Crippen LogP contribution in [0.4, 0.5) is 0 Å². The number of nitrogens with zero attached hydrogens (tertiary/aromatic N) is 1. The second kappa shape index (κ2) is 10.6. The van der Waals surface area contributed by atoms with E-state index in [2.05, 4.69) is 20.8 Å². The first kappa shape index (κ1) is 23.1. The van der Waals surface area contributed by atoms with Crippen LogP contribution in [-0.2, 0) is 9.53 Å². The second-order valence-electron chi connectivity index (χ2n) is 10.8. The summed E-state index contributed by atoms with van der Waals surface area (Å²) in [5.74, 6) is 3.14. The standard InChI is InChI=1S/C26H48NO2/c1-4-7-8-9-10-11-14-27(5-2,6-3)15-12-13-26(29-21-28)24-17-22-16-23(19-24)20-25(26)18-22/h21-25H,4-20H2,1-3H3/q+1. The number of quaternary nitrogens is 1. The minimum Gasteiger partial charge on any atom is -0.461 e. The molecule has 0 aromatic heterocycles.